The average Bonchev–Trinajstić information content (AvgIpc) is 3.10. The molecule has 0 spiro atoms. The molecule has 1 fully saturated rings. The van der Waals surface area contributed by atoms with E-state index in [0.29, 0.717) is 29.0 Å². The van der Waals surface area contributed by atoms with Crippen molar-refractivity contribution in [2.45, 2.75) is 30.4 Å². The highest BCUT2D eigenvalue weighted by Crippen LogP contribution is 2.53. The number of aryl methyl sites for hydroxylation is 1. The number of ketones is 1. The second-order valence-electron chi connectivity index (χ2n) is 8.14. The third kappa shape index (κ3) is 4.51. The van der Waals surface area contributed by atoms with E-state index in [-0.39, 0.29) is 27.1 Å². The van der Waals surface area contributed by atoms with Crippen LogP contribution >= 0.6 is 46.7 Å². The minimum absolute atomic E-state index is 0.0496. The lowest BCUT2D eigenvalue weighted by Gasteiger charge is -2.34. The van der Waals surface area contributed by atoms with Gasteiger partial charge in [0.2, 0.25) is 0 Å². The second kappa shape index (κ2) is 9.36. The maximum atomic E-state index is 14.6. The van der Waals surface area contributed by atoms with Crippen molar-refractivity contribution in [2.75, 3.05) is 17.8 Å². The predicted molar refractivity (Wildman–Crippen MR) is 130 cm³/mol. The molecule has 2 atom stereocenters. The maximum absolute atomic E-state index is 14.6. The summed E-state index contributed by atoms with van der Waals surface area (Å²) in [6, 6.07) is 8.78. The van der Waals surface area contributed by atoms with E-state index in [4.69, 9.17) is 28.0 Å². The number of thioether (sulfide) groups is 2. The number of halogens is 5. The Morgan fingerprint density at radius 2 is 1.88 bits per heavy atom. The minimum Gasteiger partial charge on any atom is -0.373 e. The molecule has 3 nitrogen and oxygen atoms in total. The number of hydrogen-bond donors (Lipinski definition) is 0. The van der Waals surface area contributed by atoms with Crippen LogP contribution in [0.3, 0.4) is 0 Å². The van der Waals surface area contributed by atoms with Crippen molar-refractivity contribution in [2.24, 2.45) is 11.1 Å². The van der Waals surface area contributed by atoms with Crippen LogP contribution in [0.15, 0.2) is 41.6 Å². The molecule has 1 saturated heterocycles. The van der Waals surface area contributed by atoms with Gasteiger partial charge in [0.25, 0.3) is 5.60 Å². The number of benzene rings is 2. The quantitative estimate of drug-likeness (QED) is 0.369. The van der Waals surface area contributed by atoms with Crippen molar-refractivity contribution in [1.29, 1.82) is 0 Å². The summed E-state index contributed by atoms with van der Waals surface area (Å²) < 4.78 is 43.7. The summed E-state index contributed by atoms with van der Waals surface area (Å²) in [5.74, 6) is 2.42. The Morgan fingerprint density at radius 1 is 1.21 bits per heavy atom. The predicted octanol–water partition coefficient (Wildman–Crippen LogP) is 7.16. The summed E-state index contributed by atoms with van der Waals surface area (Å²) in [6.07, 6.45) is -2.74. The molecular formula is C23H20Cl2F3NO2S2. The number of Topliss-reactive ketones (excluding diaryl/α,β-unsaturated/α-hetero) is 1. The zero-order valence-electron chi connectivity index (χ0n) is 17.7. The monoisotopic (exact) mass is 533 g/mol. The van der Waals surface area contributed by atoms with Crippen molar-refractivity contribution < 1.29 is 22.8 Å². The SMILES string of the molecule is CSC1C(c2ccc(C(=O)CC3CSC3)c(C)c2)=NOC1(c1cc(Cl)cc(Cl)c1)C(F)(F)F. The smallest absolute Gasteiger partial charge is 0.373 e. The van der Waals surface area contributed by atoms with Gasteiger partial charge in [0.1, 0.15) is 11.0 Å². The van der Waals surface area contributed by atoms with E-state index in [1.807, 2.05) is 11.8 Å². The van der Waals surface area contributed by atoms with E-state index in [2.05, 4.69) is 5.16 Å². The van der Waals surface area contributed by atoms with Crippen LogP contribution in [0, 0.1) is 12.8 Å². The molecule has 2 aromatic carbocycles. The molecule has 0 saturated carbocycles. The Balaban J connectivity index is 1.70. The Bertz CT molecular complexity index is 1100. The van der Waals surface area contributed by atoms with Gasteiger partial charge < -0.3 is 4.84 Å². The molecule has 0 bridgehead atoms. The van der Waals surface area contributed by atoms with Crippen molar-refractivity contribution in [3.05, 3.63) is 68.7 Å². The third-order valence-corrected chi connectivity index (χ3v) is 8.73. The average molecular weight is 534 g/mol. The summed E-state index contributed by atoms with van der Waals surface area (Å²) >= 11 is 14.8. The number of carbonyl (C=O) groups is 1. The van der Waals surface area contributed by atoms with Gasteiger partial charge in [0, 0.05) is 33.2 Å². The Morgan fingerprint density at radius 3 is 2.39 bits per heavy atom. The van der Waals surface area contributed by atoms with Crippen LogP contribution in [0.4, 0.5) is 13.2 Å². The zero-order valence-corrected chi connectivity index (χ0v) is 20.9. The van der Waals surface area contributed by atoms with Crippen LogP contribution in [0.25, 0.3) is 0 Å². The number of nitrogens with zero attached hydrogens (tertiary/aromatic N) is 1. The normalized spacial score (nSPS) is 23.1. The van der Waals surface area contributed by atoms with Crippen molar-refractivity contribution >= 4 is 58.2 Å². The zero-order chi connectivity index (χ0) is 24.0. The van der Waals surface area contributed by atoms with Crippen LogP contribution in [-0.4, -0.2) is 40.7 Å². The van der Waals surface area contributed by atoms with Gasteiger partial charge in [-0.15, -0.1) is 0 Å². The molecule has 2 aromatic rings. The van der Waals surface area contributed by atoms with E-state index < -0.39 is 17.0 Å². The first-order valence-corrected chi connectivity index (χ1v) is 13.3. The molecule has 176 valence electrons. The molecular weight excluding hydrogens is 514 g/mol. The van der Waals surface area contributed by atoms with Gasteiger partial charge in [-0.3, -0.25) is 4.79 Å². The van der Waals surface area contributed by atoms with Crippen LogP contribution in [0.5, 0.6) is 0 Å². The molecule has 0 aromatic heterocycles. The van der Waals surface area contributed by atoms with Crippen LogP contribution in [-0.2, 0) is 10.4 Å². The fourth-order valence-electron chi connectivity index (χ4n) is 4.14. The molecule has 2 aliphatic rings. The highest BCUT2D eigenvalue weighted by atomic mass is 35.5. The number of alkyl halides is 3. The van der Waals surface area contributed by atoms with Crippen molar-refractivity contribution in [3.8, 4) is 0 Å². The molecule has 2 aliphatic heterocycles. The standard InChI is InChI=1S/C23H20Cl2F3NO2S2/c1-12-5-14(3-4-18(12)19(30)6-13-10-33-11-13)20-21(32-2)22(31-29-20,23(26,27)28)15-7-16(24)9-17(25)8-15/h3-5,7-9,13,21H,6,10-11H2,1-2H3. The molecule has 33 heavy (non-hydrogen) atoms. The topological polar surface area (TPSA) is 38.7 Å². The first-order valence-electron chi connectivity index (χ1n) is 10.1. The van der Waals surface area contributed by atoms with Crippen LogP contribution in [0.2, 0.25) is 10.0 Å². The molecule has 0 N–H and O–H groups in total. The lowest BCUT2D eigenvalue weighted by atomic mass is 9.85. The number of hydrogen-bond acceptors (Lipinski definition) is 5. The summed E-state index contributed by atoms with van der Waals surface area (Å²) in [6.45, 7) is 1.78. The number of carbonyl (C=O) groups excluding carboxylic acids is 1. The van der Waals surface area contributed by atoms with E-state index >= 15 is 0 Å². The molecule has 0 aliphatic carbocycles. The van der Waals surface area contributed by atoms with E-state index in [9.17, 15) is 18.0 Å². The Kier molecular flexibility index (Phi) is 7.03. The fourth-order valence-corrected chi connectivity index (χ4v) is 6.52. The van der Waals surface area contributed by atoms with Gasteiger partial charge in [0.15, 0.2) is 5.78 Å². The molecule has 4 rings (SSSR count). The van der Waals surface area contributed by atoms with E-state index in [0.717, 1.165) is 23.3 Å². The number of oxime groups is 1. The summed E-state index contributed by atoms with van der Waals surface area (Å²) in [4.78, 5) is 17.9. The lowest BCUT2D eigenvalue weighted by Crippen LogP contribution is -2.51. The van der Waals surface area contributed by atoms with E-state index in [1.54, 1.807) is 31.4 Å². The highest BCUT2D eigenvalue weighted by Gasteiger charge is 2.68. The summed E-state index contributed by atoms with van der Waals surface area (Å²) in [5, 5.41) is 2.84. The Labute approximate surface area is 208 Å². The highest BCUT2D eigenvalue weighted by molar-refractivity contribution is 8.00. The van der Waals surface area contributed by atoms with Gasteiger partial charge in [-0.2, -0.15) is 36.7 Å². The number of rotatable bonds is 6. The molecule has 0 amide bonds. The van der Waals surface area contributed by atoms with Gasteiger partial charge in [-0.25, -0.2) is 0 Å². The molecule has 2 heterocycles. The van der Waals surface area contributed by atoms with Crippen molar-refractivity contribution in [1.82, 2.24) is 0 Å². The minimum atomic E-state index is -4.80. The van der Waals surface area contributed by atoms with Crippen LogP contribution < -0.4 is 0 Å². The van der Waals surface area contributed by atoms with Gasteiger partial charge in [-0.1, -0.05) is 40.5 Å². The first kappa shape index (κ1) is 24.8. The molecule has 2 unspecified atom stereocenters. The molecule has 10 heteroatoms. The maximum Gasteiger partial charge on any atom is 0.436 e. The molecule has 0 radical (unpaired) electrons. The third-order valence-electron chi connectivity index (χ3n) is 5.86. The Hall–Kier alpha value is -1.35. The largest absolute Gasteiger partial charge is 0.436 e. The van der Waals surface area contributed by atoms with Crippen molar-refractivity contribution in [3.63, 3.8) is 0 Å². The lowest BCUT2D eigenvalue weighted by molar-refractivity contribution is -0.273. The van der Waals surface area contributed by atoms with Gasteiger partial charge in [-0.05, 0) is 60.4 Å². The summed E-state index contributed by atoms with van der Waals surface area (Å²) in [7, 11) is 0. The first-order chi connectivity index (χ1) is 15.6. The van der Waals surface area contributed by atoms with Gasteiger partial charge in [0.05, 0.1) is 0 Å². The van der Waals surface area contributed by atoms with E-state index in [1.165, 1.54) is 18.2 Å². The second-order valence-corrected chi connectivity index (χ2v) is 11.0. The van der Waals surface area contributed by atoms with Crippen LogP contribution in [0.1, 0.15) is 33.5 Å². The fraction of sp³-hybridized carbons (Fsp3) is 0.391. The van der Waals surface area contributed by atoms with Gasteiger partial charge >= 0.3 is 6.18 Å². The summed E-state index contributed by atoms with van der Waals surface area (Å²) in [5.41, 5.74) is -1.06.